The van der Waals surface area contributed by atoms with Crippen molar-refractivity contribution in [3.63, 3.8) is 0 Å². The molecule has 126 valence electrons. The van der Waals surface area contributed by atoms with Crippen molar-refractivity contribution in [2.45, 2.75) is 6.10 Å². The summed E-state index contributed by atoms with van der Waals surface area (Å²) in [5, 5.41) is 14.2. The first kappa shape index (κ1) is 20.5. The molecule has 0 bridgehead atoms. The summed E-state index contributed by atoms with van der Waals surface area (Å²) in [6, 6.07) is 0. The first-order valence-electron chi connectivity index (χ1n) is 6.28. The van der Waals surface area contributed by atoms with Crippen molar-refractivity contribution in [2.75, 3.05) is 24.6 Å². The average molecular weight is 352 g/mol. The number of nitrogens with one attached hydrogen (secondary N) is 2. The summed E-state index contributed by atoms with van der Waals surface area (Å²) < 4.78 is 0. The number of rotatable bonds is 10. The van der Waals surface area contributed by atoms with E-state index in [0.717, 1.165) is 0 Å². The largest absolute Gasteiger partial charge is 0.389 e. The normalized spacial score (nSPS) is 14.5. The molecule has 0 saturated carbocycles. The number of hydrogen-bond donors (Lipinski definition) is 7. The Labute approximate surface area is 138 Å². The monoisotopic (exact) mass is 352 g/mol. The Morgan fingerprint density at radius 1 is 0.864 bits per heavy atom. The topological polar surface area (TPSA) is 165 Å². The van der Waals surface area contributed by atoms with E-state index in [0.29, 0.717) is 0 Å². The molecule has 9 nitrogen and oxygen atoms in total. The van der Waals surface area contributed by atoms with Gasteiger partial charge in [-0.1, -0.05) is 0 Å². The third kappa shape index (κ3) is 7.00. The van der Waals surface area contributed by atoms with E-state index in [9.17, 15) is 24.3 Å². The van der Waals surface area contributed by atoms with Crippen molar-refractivity contribution in [1.82, 2.24) is 10.6 Å². The predicted molar refractivity (Wildman–Crippen MR) is 85.1 cm³/mol. The summed E-state index contributed by atoms with van der Waals surface area (Å²) in [7, 11) is 0. The van der Waals surface area contributed by atoms with Crippen LogP contribution in [0.1, 0.15) is 0 Å². The van der Waals surface area contributed by atoms with Gasteiger partial charge in [0.05, 0.1) is 6.10 Å². The molecule has 11 heteroatoms. The number of nitrogens with two attached hydrogens (primary N) is 2. The summed E-state index contributed by atoms with van der Waals surface area (Å²) in [5.74, 6) is -5.31. The Kier molecular flexibility index (Phi) is 9.61. The first-order valence-corrected chi connectivity index (χ1v) is 7.54. The van der Waals surface area contributed by atoms with Crippen LogP contribution in [0.25, 0.3) is 0 Å². The number of carbonyl (C=O) groups is 4. The van der Waals surface area contributed by atoms with E-state index >= 15 is 0 Å². The Hall–Kier alpha value is -1.46. The second-order valence-electron chi connectivity index (χ2n) is 4.42. The lowest BCUT2D eigenvalue weighted by Crippen LogP contribution is -2.47. The van der Waals surface area contributed by atoms with Gasteiger partial charge < -0.3 is 27.2 Å². The molecule has 22 heavy (non-hydrogen) atoms. The van der Waals surface area contributed by atoms with Crippen molar-refractivity contribution in [1.29, 1.82) is 0 Å². The predicted octanol–water partition coefficient (Wildman–Crippen LogP) is -3.36. The number of aliphatic hydroxyl groups excluding tert-OH is 1. The minimum atomic E-state index is -1.12. The zero-order valence-electron chi connectivity index (χ0n) is 11.7. The number of primary amides is 2. The number of thiol groups is 2. The highest BCUT2D eigenvalue weighted by molar-refractivity contribution is 7.80. The summed E-state index contributed by atoms with van der Waals surface area (Å²) in [6.45, 7) is -0.419. The molecular weight excluding hydrogens is 332 g/mol. The summed E-state index contributed by atoms with van der Waals surface area (Å²) in [5.41, 5.74) is 10.0. The van der Waals surface area contributed by atoms with E-state index in [1.165, 1.54) is 0 Å². The number of amides is 4. The highest BCUT2D eigenvalue weighted by Crippen LogP contribution is 1.99. The molecule has 0 aliphatic heterocycles. The van der Waals surface area contributed by atoms with Crippen LogP contribution in [0.4, 0.5) is 0 Å². The second-order valence-corrected chi connectivity index (χ2v) is 5.15. The zero-order chi connectivity index (χ0) is 17.3. The van der Waals surface area contributed by atoms with Gasteiger partial charge in [-0.2, -0.15) is 25.3 Å². The maximum Gasteiger partial charge on any atom is 0.233 e. The van der Waals surface area contributed by atoms with Crippen molar-refractivity contribution in [3.05, 3.63) is 0 Å². The summed E-state index contributed by atoms with van der Waals surface area (Å²) in [6.07, 6.45) is -1.12. The van der Waals surface area contributed by atoms with Crippen LogP contribution in [0.2, 0.25) is 0 Å². The highest BCUT2D eigenvalue weighted by Gasteiger charge is 2.24. The Morgan fingerprint density at radius 2 is 1.18 bits per heavy atom. The second kappa shape index (κ2) is 10.3. The van der Waals surface area contributed by atoms with Gasteiger partial charge in [-0.3, -0.25) is 19.2 Å². The zero-order valence-corrected chi connectivity index (χ0v) is 13.5. The van der Waals surface area contributed by atoms with Gasteiger partial charge in [-0.25, -0.2) is 0 Å². The van der Waals surface area contributed by atoms with E-state index < -0.39 is 41.6 Å². The fourth-order valence-electron chi connectivity index (χ4n) is 1.36. The number of aliphatic hydroxyl groups is 1. The number of carbonyl (C=O) groups excluding carboxylic acids is 4. The van der Waals surface area contributed by atoms with Crippen molar-refractivity contribution < 1.29 is 24.3 Å². The molecule has 0 aliphatic carbocycles. The SMILES string of the molecule is NC(=O)C(CS)C(=O)NCC(O)CNC(=O)C(CS)C(N)=O. The lowest BCUT2D eigenvalue weighted by atomic mass is 10.1. The van der Waals surface area contributed by atoms with Crippen LogP contribution >= 0.6 is 25.3 Å². The Balaban J connectivity index is 4.22. The molecule has 0 saturated heterocycles. The highest BCUT2D eigenvalue weighted by atomic mass is 32.1. The third-order valence-corrected chi connectivity index (χ3v) is 3.44. The van der Waals surface area contributed by atoms with E-state index in [2.05, 4.69) is 35.9 Å². The van der Waals surface area contributed by atoms with E-state index in [1.54, 1.807) is 0 Å². The average Bonchev–Trinajstić information content (AvgIpc) is 2.43. The van der Waals surface area contributed by atoms with Crippen LogP contribution < -0.4 is 22.1 Å². The molecule has 7 N–H and O–H groups in total. The van der Waals surface area contributed by atoms with Gasteiger partial charge >= 0.3 is 0 Å². The molecule has 0 spiro atoms. The standard InChI is InChI=1S/C11H20N4O5S2/c12-8(17)6(3-21)10(19)14-1-5(16)2-15-11(20)7(4-22)9(13)18/h5-7,16,21-22H,1-4H2,(H2,12,17)(H2,13,18)(H,14,19)(H,15,20). The summed E-state index contributed by atoms with van der Waals surface area (Å²) in [4.78, 5) is 45.0. The van der Waals surface area contributed by atoms with Gasteiger partial charge in [-0.05, 0) is 0 Å². The molecule has 0 aromatic carbocycles. The van der Waals surface area contributed by atoms with Crippen molar-refractivity contribution in [3.8, 4) is 0 Å². The molecule has 4 amide bonds. The number of hydrogen-bond acceptors (Lipinski definition) is 7. The molecule has 2 atom stereocenters. The maximum atomic E-state index is 11.6. The van der Waals surface area contributed by atoms with Crippen LogP contribution in [-0.2, 0) is 19.2 Å². The van der Waals surface area contributed by atoms with Crippen LogP contribution in [-0.4, -0.2) is 59.4 Å². The fraction of sp³-hybridized carbons (Fsp3) is 0.636. The molecule has 0 aromatic heterocycles. The van der Waals surface area contributed by atoms with Gasteiger partial charge in [0.15, 0.2) is 0 Å². The molecule has 0 radical (unpaired) electrons. The molecular formula is C11H20N4O5S2. The Morgan fingerprint density at radius 3 is 1.41 bits per heavy atom. The van der Waals surface area contributed by atoms with Gasteiger partial charge in [0.2, 0.25) is 23.6 Å². The lowest BCUT2D eigenvalue weighted by molar-refractivity contribution is -0.133. The van der Waals surface area contributed by atoms with Crippen molar-refractivity contribution >= 4 is 48.9 Å². The molecule has 2 unspecified atom stereocenters. The van der Waals surface area contributed by atoms with Crippen LogP contribution in [0.5, 0.6) is 0 Å². The van der Waals surface area contributed by atoms with Crippen LogP contribution in [0.3, 0.4) is 0 Å². The molecule has 0 aromatic rings. The quantitative estimate of drug-likeness (QED) is 0.161. The summed E-state index contributed by atoms with van der Waals surface area (Å²) >= 11 is 7.65. The maximum absolute atomic E-state index is 11.6. The molecule has 0 fully saturated rings. The molecule has 0 aliphatic rings. The van der Waals surface area contributed by atoms with E-state index in [-0.39, 0.29) is 24.6 Å². The van der Waals surface area contributed by atoms with E-state index in [1.807, 2.05) is 0 Å². The van der Waals surface area contributed by atoms with Gasteiger partial charge in [-0.15, -0.1) is 0 Å². The third-order valence-electron chi connectivity index (χ3n) is 2.71. The van der Waals surface area contributed by atoms with Crippen LogP contribution in [0.15, 0.2) is 0 Å². The molecule has 0 rings (SSSR count). The smallest absolute Gasteiger partial charge is 0.233 e. The van der Waals surface area contributed by atoms with Gasteiger partial charge in [0, 0.05) is 24.6 Å². The minimum Gasteiger partial charge on any atom is -0.389 e. The van der Waals surface area contributed by atoms with E-state index in [4.69, 9.17) is 11.5 Å². The lowest BCUT2D eigenvalue weighted by Gasteiger charge is -2.16. The minimum absolute atomic E-state index is 0.0593. The van der Waals surface area contributed by atoms with Crippen LogP contribution in [0, 0.1) is 11.8 Å². The first-order chi connectivity index (χ1) is 10.2. The molecule has 0 heterocycles. The fourth-order valence-corrected chi connectivity index (χ4v) is 2.05. The van der Waals surface area contributed by atoms with Crippen molar-refractivity contribution in [2.24, 2.45) is 23.3 Å². The Bertz CT molecular complexity index is 397. The van der Waals surface area contributed by atoms with Gasteiger partial charge in [0.1, 0.15) is 11.8 Å². The van der Waals surface area contributed by atoms with Gasteiger partial charge in [0.25, 0.3) is 0 Å².